The number of carbonyl (C=O) groups excluding carboxylic acids is 1. The minimum atomic E-state index is -5.18. The van der Waals surface area contributed by atoms with Crippen LogP contribution in [0.4, 0.5) is 22.0 Å². The molecule has 0 aliphatic rings. The number of hydrogen-bond donors (Lipinski definition) is 2. The molecule has 0 saturated carbocycles. The Balaban J connectivity index is 1.48. The molecule has 220 valence electrons. The Morgan fingerprint density at radius 3 is 2.43 bits per heavy atom. The highest BCUT2D eigenvalue weighted by Crippen LogP contribution is 2.34. The molecule has 2 N–H and O–H groups in total. The predicted octanol–water partition coefficient (Wildman–Crippen LogP) is 6.52. The van der Waals surface area contributed by atoms with Crippen molar-refractivity contribution in [2.45, 2.75) is 38.9 Å². The minimum Gasteiger partial charge on any atom is -0.493 e. The minimum absolute atomic E-state index is 0.0458. The topological polar surface area (TPSA) is 102 Å². The molecule has 0 radical (unpaired) electrons. The molecule has 1 amide bonds. The number of benzene rings is 3. The van der Waals surface area contributed by atoms with E-state index >= 15 is 0 Å². The Kier molecular flexibility index (Phi) is 9.24. The molecule has 0 saturated heterocycles. The molecule has 7 nitrogen and oxygen atoms in total. The third kappa shape index (κ3) is 7.50. The molecule has 42 heavy (non-hydrogen) atoms. The molecule has 4 rings (SSSR count). The maximum Gasteiger partial charge on any atom is 0.417 e. The number of amides is 1. The molecule has 0 aliphatic heterocycles. The van der Waals surface area contributed by atoms with Crippen molar-refractivity contribution in [2.24, 2.45) is 0 Å². The molecule has 0 unspecified atom stereocenters. The number of halogens is 5. The Morgan fingerprint density at radius 1 is 1.00 bits per heavy atom. The van der Waals surface area contributed by atoms with Crippen molar-refractivity contribution >= 4 is 11.9 Å². The van der Waals surface area contributed by atoms with E-state index in [4.69, 9.17) is 14.3 Å². The van der Waals surface area contributed by atoms with Crippen LogP contribution in [0.15, 0.2) is 65.1 Å². The van der Waals surface area contributed by atoms with Gasteiger partial charge in [-0.2, -0.15) is 13.2 Å². The number of carboxylic acids is 1. The molecule has 0 atom stereocenters. The van der Waals surface area contributed by atoms with E-state index in [9.17, 15) is 31.5 Å². The van der Waals surface area contributed by atoms with Crippen molar-refractivity contribution in [3.05, 3.63) is 106 Å². The monoisotopic (exact) mass is 588 g/mol. The Bertz CT molecular complexity index is 1590. The molecule has 0 bridgehead atoms. The van der Waals surface area contributed by atoms with Crippen LogP contribution in [-0.2, 0) is 30.4 Å². The van der Waals surface area contributed by atoms with E-state index in [1.54, 1.807) is 19.1 Å². The summed E-state index contributed by atoms with van der Waals surface area (Å²) in [6, 6.07) is 14.3. The van der Waals surface area contributed by atoms with Gasteiger partial charge in [0.05, 0.1) is 23.4 Å². The predicted molar refractivity (Wildman–Crippen MR) is 141 cm³/mol. The van der Waals surface area contributed by atoms with Crippen LogP contribution in [0.2, 0.25) is 0 Å². The molecule has 4 aromatic rings. The quantitative estimate of drug-likeness (QED) is 0.194. The molecule has 1 heterocycles. The number of alkyl halides is 3. The first kappa shape index (κ1) is 30.2. The zero-order valence-corrected chi connectivity index (χ0v) is 22.2. The summed E-state index contributed by atoms with van der Waals surface area (Å²) in [6.07, 6.45) is -4.99. The number of oxazole rings is 1. The van der Waals surface area contributed by atoms with Crippen LogP contribution in [0.5, 0.6) is 5.75 Å². The highest BCUT2D eigenvalue weighted by atomic mass is 19.4. The zero-order valence-electron chi connectivity index (χ0n) is 22.2. The third-order valence-corrected chi connectivity index (χ3v) is 6.33. The molecule has 12 heteroatoms. The van der Waals surface area contributed by atoms with Crippen LogP contribution < -0.4 is 10.1 Å². The van der Waals surface area contributed by atoms with Crippen LogP contribution in [-0.4, -0.2) is 28.6 Å². The lowest BCUT2D eigenvalue weighted by atomic mass is 10.0. The van der Waals surface area contributed by atoms with Crippen LogP contribution in [0.3, 0.4) is 0 Å². The molecule has 0 fully saturated rings. The Hall–Kier alpha value is -4.74. The van der Waals surface area contributed by atoms with Gasteiger partial charge in [-0.1, -0.05) is 24.3 Å². The largest absolute Gasteiger partial charge is 0.493 e. The maximum absolute atomic E-state index is 14.3. The normalized spacial score (nSPS) is 11.4. The van der Waals surface area contributed by atoms with E-state index in [1.807, 2.05) is 30.3 Å². The third-order valence-electron chi connectivity index (χ3n) is 6.33. The highest BCUT2D eigenvalue weighted by Gasteiger charge is 2.37. The zero-order chi connectivity index (χ0) is 30.4. The van der Waals surface area contributed by atoms with Gasteiger partial charge in [0.25, 0.3) is 5.91 Å². The summed E-state index contributed by atoms with van der Waals surface area (Å²) in [6.45, 7) is 1.58. The first-order valence-electron chi connectivity index (χ1n) is 12.7. The Labute approximate surface area is 237 Å². The van der Waals surface area contributed by atoms with Crippen molar-refractivity contribution in [3.63, 3.8) is 0 Å². The average Bonchev–Trinajstić information content (AvgIpc) is 3.30. The lowest BCUT2D eigenvalue weighted by Crippen LogP contribution is -2.28. The lowest BCUT2D eigenvalue weighted by Gasteiger charge is -2.16. The number of carbonyl (C=O) groups is 2. The van der Waals surface area contributed by atoms with E-state index in [-0.39, 0.29) is 38.1 Å². The van der Waals surface area contributed by atoms with Crippen LogP contribution in [0, 0.1) is 18.6 Å². The summed E-state index contributed by atoms with van der Waals surface area (Å²) in [5.74, 6) is -4.20. The van der Waals surface area contributed by atoms with Crippen molar-refractivity contribution in [3.8, 4) is 17.2 Å². The van der Waals surface area contributed by atoms with Gasteiger partial charge in [0.15, 0.2) is 0 Å². The maximum atomic E-state index is 14.3. The second-order valence-corrected chi connectivity index (χ2v) is 9.30. The van der Waals surface area contributed by atoms with Gasteiger partial charge < -0.3 is 19.6 Å². The lowest BCUT2D eigenvalue weighted by molar-refractivity contribution is -0.138. The van der Waals surface area contributed by atoms with Crippen molar-refractivity contribution in [1.82, 2.24) is 10.3 Å². The number of ether oxygens (including phenoxy) is 1. The summed E-state index contributed by atoms with van der Waals surface area (Å²) in [7, 11) is 0. The van der Waals surface area contributed by atoms with Gasteiger partial charge in [-0.25, -0.2) is 13.8 Å². The van der Waals surface area contributed by atoms with Crippen LogP contribution in [0.1, 0.15) is 44.9 Å². The standard InChI is InChI=1S/C30H25F5N2O5/c1-17-25(37-29(42-17)19-5-3-2-4-6-19)11-12-41-22-9-7-18(8-10-26(38)39)20(13-22)16-36-28(40)27-23(30(33,34)35)14-21(31)15-24(27)32/h2-7,9,13-15H,8,10-12,16H2,1H3,(H,36,40)(H,38,39). The average molecular weight is 589 g/mol. The first-order chi connectivity index (χ1) is 19.9. The SMILES string of the molecule is Cc1oc(-c2ccccc2)nc1CCOc1ccc(CCC(=O)O)c(CNC(=O)c2c(F)cc(F)cc2C(F)(F)F)c1. The number of rotatable bonds is 11. The second kappa shape index (κ2) is 12.8. The number of aliphatic carboxylic acids is 1. The highest BCUT2D eigenvalue weighted by molar-refractivity contribution is 5.96. The van der Waals surface area contributed by atoms with Crippen molar-refractivity contribution in [2.75, 3.05) is 6.61 Å². The van der Waals surface area contributed by atoms with Gasteiger partial charge >= 0.3 is 12.1 Å². The molecular weight excluding hydrogens is 563 g/mol. The number of nitrogens with one attached hydrogen (secondary N) is 1. The van der Waals surface area contributed by atoms with Crippen LogP contribution >= 0.6 is 0 Å². The number of hydrogen-bond acceptors (Lipinski definition) is 5. The van der Waals surface area contributed by atoms with E-state index < -0.39 is 40.8 Å². The molecular formula is C30H25F5N2O5. The fourth-order valence-corrected chi connectivity index (χ4v) is 4.26. The number of nitrogens with zero attached hydrogens (tertiary/aromatic N) is 1. The molecule has 0 aliphatic carbocycles. The fraction of sp³-hybridized carbons (Fsp3) is 0.233. The van der Waals surface area contributed by atoms with Crippen molar-refractivity contribution in [1.29, 1.82) is 0 Å². The van der Waals surface area contributed by atoms with Crippen molar-refractivity contribution < 1.29 is 45.8 Å². The van der Waals surface area contributed by atoms with E-state index in [1.165, 1.54) is 6.07 Å². The van der Waals surface area contributed by atoms with E-state index in [0.29, 0.717) is 40.6 Å². The second-order valence-electron chi connectivity index (χ2n) is 9.30. The summed E-state index contributed by atoms with van der Waals surface area (Å²) < 4.78 is 79.5. The number of carboxylic acid groups (broad SMARTS) is 1. The molecule has 3 aromatic carbocycles. The summed E-state index contributed by atoms with van der Waals surface area (Å²) in [4.78, 5) is 28.3. The van der Waals surface area contributed by atoms with Gasteiger partial charge in [-0.05, 0) is 54.8 Å². The van der Waals surface area contributed by atoms with E-state index in [2.05, 4.69) is 10.3 Å². The summed E-state index contributed by atoms with van der Waals surface area (Å²) >= 11 is 0. The smallest absolute Gasteiger partial charge is 0.417 e. The molecule has 1 aromatic heterocycles. The summed E-state index contributed by atoms with van der Waals surface area (Å²) in [5.41, 5.74) is -0.760. The van der Waals surface area contributed by atoms with Gasteiger partial charge in [0.2, 0.25) is 5.89 Å². The number of aryl methyl sites for hydroxylation is 2. The van der Waals surface area contributed by atoms with E-state index in [0.717, 1.165) is 5.56 Å². The van der Waals surface area contributed by atoms with Gasteiger partial charge in [-0.3, -0.25) is 9.59 Å². The van der Waals surface area contributed by atoms with Gasteiger partial charge in [0, 0.05) is 31.0 Å². The van der Waals surface area contributed by atoms with Crippen LogP contribution in [0.25, 0.3) is 11.5 Å². The van der Waals surface area contributed by atoms with Gasteiger partial charge in [-0.15, -0.1) is 0 Å². The Morgan fingerprint density at radius 2 is 1.74 bits per heavy atom. The summed E-state index contributed by atoms with van der Waals surface area (Å²) in [5, 5.41) is 11.3. The fourth-order valence-electron chi connectivity index (χ4n) is 4.26. The number of aromatic nitrogens is 1. The first-order valence-corrected chi connectivity index (χ1v) is 12.7. The molecule has 0 spiro atoms. The van der Waals surface area contributed by atoms with Gasteiger partial charge in [0.1, 0.15) is 23.1 Å².